The molecule has 0 aliphatic heterocycles. The Hall–Kier alpha value is -4.23. The summed E-state index contributed by atoms with van der Waals surface area (Å²) in [5, 5.41) is 14.6. The Morgan fingerprint density at radius 1 is 0.794 bits per heavy atom. The van der Waals surface area contributed by atoms with Crippen molar-refractivity contribution in [2.75, 3.05) is 0 Å². The molecule has 1 saturated carbocycles. The van der Waals surface area contributed by atoms with Crippen molar-refractivity contribution in [3.8, 4) is 0 Å². The zero-order chi connectivity index (χ0) is 23.9. The van der Waals surface area contributed by atoms with Gasteiger partial charge in [-0.05, 0) is 59.9 Å². The van der Waals surface area contributed by atoms with Crippen LogP contribution in [0, 0.1) is 0 Å². The fourth-order valence-corrected chi connectivity index (χ4v) is 3.41. The van der Waals surface area contributed by atoms with Gasteiger partial charge in [0, 0.05) is 29.3 Å². The maximum atomic E-state index is 12.8. The summed E-state index contributed by atoms with van der Waals surface area (Å²) in [5.74, 6) is -0.925. The molecule has 1 fully saturated rings. The number of hydroxylamine groups is 1. The van der Waals surface area contributed by atoms with Crippen molar-refractivity contribution < 1.29 is 19.6 Å². The predicted octanol–water partition coefficient (Wildman–Crippen LogP) is 3.55. The predicted molar refractivity (Wildman–Crippen MR) is 129 cm³/mol. The molecule has 3 aromatic rings. The second-order valence-electron chi connectivity index (χ2n) is 8.11. The molecule has 0 spiro atoms. The minimum atomic E-state index is -0.592. The average Bonchev–Trinajstić information content (AvgIpc) is 3.70. The van der Waals surface area contributed by atoms with E-state index in [0.717, 1.165) is 29.5 Å². The summed E-state index contributed by atoms with van der Waals surface area (Å²) in [5.41, 5.74) is 5.46. The van der Waals surface area contributed by atoms with Gasteiger partial charge in [-0.25, -0.2) is 5.48 Å². The number of amides is 3. The summed E-state index contributed by atoms with van der Waals surface area (Å²) >= 11 is 0. The van der Waals surface area contributed by atoms with E-state index in [1.165, 1.54) is 0 Å². The second kappa shape index (κ2) is 10.6. The molecule has 0 atom stereocenters. The van der Waals surface area contributed by atoms with Gasteiger partial charge in [0.15, 0.2) is 0 Å². The van der Waals surface area contributed by atoms with E-state index in [1.807, 2.05) is 48.5 Å². The number of hydrogen-bond acceptors (Lipinski definition) is 4. The average molecular weight is 456 g/mol. The summed E-state index contributed by atoms with van der Waals surface area (Å²) in [6, 6.07) is 23.4. The molecule has 0 heterocycles. The molecule has 4 N–H and O–H groups in total. The molecule has 7 nitrogen and oxygen atoms in total. The van der Waals surface area contributed by atoms with Crippen LogP contribution in [0.3, 0.4) is 0 Å². The SMILES string of the molecule is O=C(NC1CC1)/C(=C/c1ccc(C(=O)NCc2ccc(C(=O)NO)cc2)cc1)c1ccccc1. The van der Waals surface area contributed by atoms with Crippen LogP contribution in [0.2, 0.25) is 0 Å². The van der Waals surface area contributed by atoms with E-state index in [-0.39, 0.29) is 17.9 Å². The fourth-order valence-electron chi connectivity index (χ4n) is 3.41. The highest BCUT2D eigenvalue weighted by atomic mass is 16.5. The lowest BCUT2D eigenvalue weighted by molar-refractivity contribution is -0.115. The van der Waals surface area contributed by atoms with E-state index < -0.39 is 5.91 Å². The Kier molecular flexibility index (Phi) is 7.15. The minimum Gasteiger partial charge on any atom is -0.349 e. The van der Waals surface area contributed by atoms with Gasteiger partial charge in [-0.3, -0.25) is 19.6 Å². The van der Waals surface area contributed by atoms with E-state index >= 15 is 0 Å². The number of carbonyl (C=O) groups excluding carboxylic acids is 3. The van der Waals surface area contributed by atoms with Gasteiger partial charge in [0.1, 0.15) is 0 Å². The molecule has 4 rings (SSSR count). The Morgan fingerprint density at radius 2 is 1.41 bits per heavy atom. The van der Waals surface area contributed by atoms with Crippen LogP contribution >= 0.6 is 0 Å². The molecule has 0 unspecified atom stereocenters. The number of hydrogen-bond donors (Lipinski definition) is 4. The highest BCUT2D eigenvalue weighted by Gasteiger charge is 2.25. The first-order chi connectivity index (χ1) is 16.5. The number of rotatable bonds is 8. The van der Waals surface area contributed by atoms with Crippen molar-refractivity contribution in [1.29, 1.82) is 0 Å². The third-order valence-electron chi connectivity index (χ3n) is 5.50. The highest BCUT2D eigenvalue weighted by molar-refractivity contribution is 6.24. The Morgan fingerprint density at radius 3 is 2.03 bits per heavy atom. The summed E-state index contributed by atoms with van der Waals surface area (Å²) < 4.78 is 0. The van der Waals surface area contributed by atoms with Gasteiger partial charge in [0.05, 0.1) is 0 Å². The zero-order valence-corrected chi connectivity index (χ0v) is 18.5. The van der Waals surface area contributed by atoms with Crippen LogP contribution < -0.4 is 16.1 Å². The molecule has 3 aromatic carbocycles. The first kappa shape index (κ1) is 22.9. The maximum absolute atomic E-state index is 12.8. The van der Waals surface area contributed by atoms with Gasteiger partial charge in [-0.15, -0.1) is 0 Å². The fraction of sp³-hybridized carbons (Fsp3) is 0.148. The Bertz CT molecular complexity index is 1200. The second-order valence-corrected chi connectivity index (χ2v) is 8.11. The molecular formula is C27H25N3O4. The van der Waals surface area contributed by atoms with Crippen LogP contribution in [-0.4, -0.2) is 29.0 Å². The van der Waals surface area contributed by atoms with E-state index in [0.29, 0.717) is 23.2 Å². The molecule has 0 bridgehead atoms. The van der Waals surface area contributed by atoms with Gasteiger partial charge in [-0.2, -0.15) is 0 Å². The van der Waals surface area contributed by atoms with Crippen LogP contribution in [0.1, 0.15) is 50.2 Å². The largest absolute Gasteiger partial charge is 0.349 e. The van der Waals surface area contributed by atoms with Crippen molar-refractivity contribution in [1.82, 2.24) is 16.1 Å². The molecule has 172 valence electrons. The third kappa shape index (κ3) is 5.96. The van der Waals surface area contributed by atoms with Crippen LogP contribution in [0.4, 0.5) is 0 Å². The van der Waals surface area contributed by atoms with Crippen molar-refractivity contribution in [3.63, 3.8) is 0 Å². The van der Waals surface area contributed by atoms with E-state index in [1.54, 1.807) is 41.9 Å². The van der Waals surface area contributed by atoms with Crippen LogP contribution in [0.5, 0.6) is 0 Å². The molecule has 1 aliphatic rings. The Balaban J connectivity index is 1.42. The number of benzene rings is 3. The molecule has 34 heavy (non-hydrogen) atoms. The zero-order valence-electron chi connectivity index (χ0n) is 18.5. The lowest BCUT2D eigenvalue weighted by Crippen LogP contribution is -2.26. The van der Waals surface area contributed by atoms with Crippen molar-refractivity contribution in [2.24, 2.45) is 0 Å². The molecule has 0 aromatic heterocycles. The van der Waals surface area contributed by atoms with Gasteiger partial charge >= 0.3 is 0 Å². The third-order valence-corrected chi connectivity index (χ3v) is 5.50. The quantitative estimate of drug-likeness (QED) is 0.180. The standard InChI is InChI=1S/C27H25N3O4/c31-25(28-17-19-8-12-22(13-9-19)26(32)30-34)21-10-6-18(7-11-21)16-24(20-4-2-1-3-5-20)27(33)29-23-14-15-23/h1-13,16,23,34H,14-15,17H2,(H,28,31)(H,29,33)(H,30,32)/b24-16+. The monoisotopic (exact) mass is 455 g/mol. The lowest BCUT2D eigenvalue weighted by atomic mass is 10.0. The summed E-state index contributed by atoms with van der Waals surface area (Å²) in [6.07, 6.45) is 3.86. The topological polar surface area (TPSA) is 108 Å². The van der Waals surface area contributed by atoms with Gasteiger partial charge in [0.2, 0.25) is 0 Å². The highest BCUT2D eigenvalue weighted by Crippen LogP contribution is 2.23. The summed E-state index contributed by atoms with van der Waals surface area (Å²) in [6.45, 7) is 0.293. The van der Waals surface area contributed by atoms with Crippen LogP contribution in [-0.2, 0) is 11.3 Å². The van der Waals surface area contributed by atoms with Crippen molar-refractivity contribution in [2.45, 2.75) is 25.4 Å². The normalized spacial score (nSPS) is 13.1. The lowest BCUT2D eigenvalue weighted by Gasteiger charge is -2.10. The molecule has 1 aliphatic carbocycles. The van der Waals surface area contributed by atoms with Crippen LogP contribution in [0.15, 0.2) is 78.9 Å². The molecular weight excluding hydrogens is 430 g/mol. The van der Waals surface area contributed by atoms with E-state index in [2.05, 4.69) is 10.6 Å². The molecule has 0 saturated heterocycles. The smallest absolute Gasteiger partial charge is 0.274 e. The van der Waals surface area contributed by atoms with E-state index in [4.69, 9.17) is 5.21 Å². The first-order valence-electron chi connectivity index (χ1n) is 11.0. The Labute approximate surface area is 197 Å². The van der Waals surface area contributed by atoms with Gasteiger partial charge < -0.3 is 10.6 Å². The number of nitrogens with one attached hydrogen (secondary N) is 3. The van der Waals surface area contributed by atoms with E-state index in [9.17, 15) is 14.4 Å². The first-order valence-corrected chi connectivity index (χ1v) is 11.0. The van der Waals surface area contributed by atoms with Crippen molar-refractivity contribution >= 4 is 29.4 Å². The summed E-state index contributed by atoms with van der Waals surface area (Å²) in [4.78, 5) is 36.7. The van der Waals surface area contributed by atoms with Gasteiger partial charge in [0.25, 0.3) is 17.7 Å². The van der Waals surface area contributed by atoms with Gasteiger partial charge in [-0.1, -0.05) is 54.6 Å². The van der Waals surface area contributed by atoms with Crippen LogP contribution in [0.25, 0.3) is 11.6 Å². The minimum absolute atomic E-state index is 0.0991. The molecule has 3 amide bonds. The number of carbonyl (C=O) groups is 3. The van der Waals surface area contributed by atoms with Crippen molar-refractivity contribution in [3.05, 3.63) is 107 Å². The molecule has 0 radical (unpaired) electrons. The molecule has 7 heteroatoms. The summed E-state index contributed by atoms with van der Waals surface area (Å²) in [7, 11) is 0. The maximum Gasteiger partial charge on any atom is 0.274 e.